The van der Waals surface area contributed by atoms with Crippen LogP contribution in [-0.4, -0.2) is 54.1 Å². The van der Waals surface area contributed by atoms with Gasteiger partial charge in [-0.25, -0.2) is 0 Å². The number of hydrogen-bond donors (Lipinski definition) is 1. The lowest BCUT2D eigenvalue weighted by molar-refractivity contribution is -0.136. The van der Waals surface area contributed by atoms with Gasteiger partial charge < -0.3 is 19.5 Å². The van der Waals surface area contributed by atoms with E-state index in [1.165, 1.54) is 29.0 Å². The molecule has 1 aromatic heterocycles. The monoisotopic (exact) mass is 369 g/mol. The lowest BCUT2D eigenvalue weighted by Gasteiger charge is -2.30. The zero-order valence-electron chi connectivity index (χ0n) is 16.2. The van der Waals surface area contributed by atoms with Gasteiger partial charge in [0.05, 0.1) is 0 Å². The van der Waals surface area contributed by atoms with Crippen molar-refractivity contribution in [3.63, 3.8) is 0 Å². The first-order chi connectivity index (χ1) is 13.0. The number of rotatable bonds is 6. The zero-order valence-corrected chi connectivity index (χ0v) is 16.2. The summed E-state index contributed by atoms with van der Waals surface area (Å²) in [6.45, 7) is 3.07. The number of carbonyl (C=O) groups excluding carboxylic acids is 2. The largest absolute Gasteiger partial charge is 0.385 e. The zero-order chi connectivity index (χ0) is 19.4. The topological polar surface area (TPSA) is 63.6 Å². The quantitative estimate of drug-likeness (QED) is 0.850. The van der Waals surface area contributed by atoms with Gasteiger partial charge in [-0.2, -0.15) is 0 Å². The molecule has 0 aliphatic carbocycles. The maximum absolute atomic E-state index is 12.8. The highest BCUT2D eigenvalue weighted by Gasteiger charge is 2.26. The van der Waals surface area contributed by atoms with Crippen LogP contribution in [0.2, 0.25) is 0 Å². The summed E-state index contributed by atoms with van der Waals surface area (Å²) in [6.07, 6.45) is 5.57. The van der Waals surface area contributed by atoms with E-state index >= 15 is 0 Å². The molecule has 1 N–H and O–H groups in total. The third kappa shape index (κ3) is 4.22. The van der Waals surface area contributed by atoms with Crippen molar-refractivity contribution >= 4 is 28.3 Å². The van der Waals surface area contributed by atoms with Gasteiger partial charge in [0.25, 0.3) is 0 Å². The molecule has 2 amide bonds. The van der Waals surface area contributed by atoms with Gasteiger partial charge >= 0.3 is 0 Å². The molecular formula is C21H27N3O3. The standard InChI is InChI=1S/C21H27N3O3/c1-15(25)22-19(10-13-27-3)21(26)24-11-8-16(9-12-24)18-14-23(2)20-7-5-4-6-17(18)20/h4-8,14,19H,9-13H2,1-3H3,(H,22,25). The van der Waals surface area contributed by atoms with E-state index in [0.717, 1.165) is 6.42 Å². The first-order valence-electron chi connectivity index (χ1n) is 9.29. The molecule has 1 aliphatic heterocycles. The summed E-state index contributed by atoms with van der Waals surface area (Å²) in [5, 5.41) is 3.99. The second-order valence-corrected chi connectivity index (χ2v) is 6.97. The minimum atomic E-state index is -0.532. The van der Waals surface area contributed by atoms with Crippen LogP contribution in [0, 0.1) is 0 Å². The summed E-state index contributed by atoms with van der Waals surface area (Å²) in [6, 6.07) is 7.82. The number of ether oxygens (including phenoxy) is 1. The molecule has 27 heavy (non-hydrogen) atoms. The molecule has 0 bridgehead atoms. The molecule has 6 nitrogen and oxygen atoms in total. The van der Waals surface area contributed by atoms with E-state index < -0.39 is 6.04 Å². The van der Waals surface area contributed by atoms with Crippen molar-refractivity contribution in [3.05, 3.63) is 42.1 Å². The molecule has 2 aromatic rings. The number of nitrogens with one attached hydrogen (secondary N) is 1. The fourth-order valence-corrected chi connectivity index (χ4v) is 3.67. The molecule has 1 unspecified atom stereocenters. The molecule has 1 aliphatic rings. The lowest BCUT2D eigenvalue weighted by atomic mass is 9.98. The third-order valence-corrected chi connectivity index (χ3v) is 5.05. The number of amides is 2. The van der Waals surface area contributed by atoms with E-state index in [-0.39, 0.29) is 11.8 Å². The highest BCUT2D eigenvalue weighted by Crippen LogP contribution is 2.30. The van der Waals surface area contributed by atoms with Crippen LogP contribution in [0.1, 0.15) is 25.3 Å². The van der Waals surface area contributed by atoms with E-state index in [2.05, 4.69) is 47.4 Å². The second-order valence-electron chi connectivity index (χ2n) is 6.97. The Hall–Kier alpha value is -2.60. The number of para-hydroxylation sites is 1. The van der Waals surface area contributed by atoms with Crippen LogP contribution in [0.25, 0.3) is 16.5 Å². The lowest BCUT2D eigenvalue weighted by Crippen LogP contribution is -2.49. The fraction of sp³-hybridized carbons (Fsp3) is 0.429. The molecule has 6 heteroatoms. The highest BCUT2D eigenvalue weighted by atomic mass is 16.5. The normalized spacial score (nSPS) is 15.5. The maximum atomic E-state index is 12.8. The molecule has 144 valence electrons. The average Bonchev–Trinajstić information content (AvgIpc) is 3.01. The van der Waals surface area contributed by atoms with Gasteiger partial charge in [0, 0.05) is 63.4 Å². The Bertz CT molecular complexity index is 869. The molecule has 1 aromatic carbocycles. The second kappa shape index (κ2) is 8.39. The van der Waals surface area contributed by atoms with Crippen molar-refractivity contribution in [1.82, 2.24) is 14.8 Å². The molecule has 0 saturated carbocycles. The molecule has 3 rings (SSSR count). The van der Waals surface area contributed by atoms with Crippen LogP contribution in [0.15, 0.2) is 36.5 Å². The number of aryl methyl sites for hydroxylation is 1. The minimum Gasteiger partial charge on any atom is -0.385 e. The Labute approximate surface area is 159 Å². The molecule has 0 saturated heterocycles. The molecule has 1 atom stereocenters. The number of fused-ring (bicyclic) bond motifs is 1. The summed E-state index contributed by atoms with van der Waals surface area (Å²) in [5.41, 5.74) is 3.71. The van der Waals surface area contributed by atoms with Gasteiger partial charge in [0.2, 0.25) is 11.8 Å². The fourth-order valence-electron chi connectivity index (χ4n) is 3.67. The van der Waals surface area contributed by atoms with E-state index in [1.807, 2.05) is 11.0 Å². The molecule has 2 heterocycles. The smallest absolute Gasteiger partial charge is 0.245 e. The maximum Gasteiger partial charge on any atom is 0.245 e. The Morgan fingerprint density at radius 2 is 2.07 bits per heavy atom. The van der Waals surface area contributed by atoms with Gasteiger partial charge in [-0.1, -0.05) is 24.3 Å². The molecule has 0 radical (unpaired) electrons. The predicted molar refractivity (Wildman–Crippen MR) is 106 cm³/mol. The van der Waals surface area contributed by atoms with Crippen LogP contribution in [0.3, 0.4) is 0 Å². The van der Waals surface area contributed by atoms with Gasteiger partial charge in [-0.05, 0) is 24.5 Å². The summed E-state index contributed by atoms with van der Waals surface area (Å²) in [4.78, 5) is 26.1. The van der Waals surface area contributed by atoms with Crippen molar-refractivity contribution in [1.29, 1.82) is 0 Å². The van der Waals surface area contributed by atoms with Crippen LogP contribution in [0.4, 0.5) is 0 Å². The van der Waals surface area contributed by atoms with Gasteiger partial charge in [0.15, 0.2) is 0 Å². The molecular weight excluding hydrogens is 342 g/mol. The highest BCUT2D eigenvalue weighted by molar-refractivity contribution is 5.94. The number of benzene rings is 1. The summed E-state index contributed by atoms with van der Waals surface area (Å²) >= 11 is 0. The minimum absolute atomic E-state index is 0.0459. The van der Waals surface area contributed by atoms with Crippen molar-refractivity contribution < 1.29 is 14.3 Å². The number of nitrogens with zero attached hydrogens (tertiary/aromatic N) is 2. The van der Waals surface area contributed by atoms with Gasteiger partial charge in [-0.15, -0.1) is 0 Å². The number of carbonyl (C=O) groups is 2. The summed E-state index contributed by atoms with van der Waals surface area (Å²) < 4.78 is 7.21. The van der Waals surface area contributed by atoms with Crippen LogP contribution < -0.4 is 5.32 Å². The SMILES string of the molecule is COCCC(NC(C)=O)C(=O)N1CC=C(c2cn(C)c3ccccc23)CC1. The summed E-state index contributed by atoms with van der Waals surface area (Å²) in [5.74, 6) is -0.246. The number of methoxy groups -OCH3 is 1. The Kier molecular flexibility index (Phi) is 5.96. The van der Waals surface area contributed by atoms with Crippen molar-refractivity contribution in [2.45, 2.75) is 25.8 Å². The molecule has 0 spiro atoms. The first-order valence-corrected chi connectivity index (χ1v) is 9.29. The number of aromatic nitrogens is 1. The number of hydrogen-bond acceptors (Lipinski definition) is 3. The average molecular weight is 369 g/mol. The van der Waals surface area contributed by atoms with Crippen LogP contribution in [0.5, 0.6) is 0 Å². The van der Waals surface area contributed by atoms with Gasteiger partial charge in [-0.3, -0.25) is 9.59 Å². The first kappa shape index (κ1) is 19.2. The van der Waals surface area contributed by atoms with E-state index in [1.54, 1.807) is 7.11 Å². The Morgan fingerprint density at radius 3 is 2.74 bits per heavy atom. The van der Waals surface area contributed by atoms with E-state index in [9.17, 15) is 9.59 Å². The van der Waals surface area contributed by atoms with E-state index in [4.69, 9.17) is 4.74 Å². The van der Waals surface area contributed by atoms with Crippen LogP contribution in [-0.2, 0) is 21.4 Å². The summed E-state index contributed by atoms with van der Waals surface area (Å²) in [7, 11) is 3.65. The third-order valence-electron chi connectivity index (χ3n) is 5.05. The van der Waals surface area contributed by atoms with E-state index in [0.29, 0.717) is 26.1 Å². The van der Waals surface area contributed by atoms with Crippen molar-refractivity contribution in [2.75, 3.05) is 26.8 Å². The van der Waals surface area contributed by atoms with Crippen LogP contribution >= 0.6 is 0 Å². The van der Waals surface area contributed by atoms with Crippen molar-refractivity contribution in [2.24, 2.45) is 7.05 Å². The predicted octanol–water partition coefficient (Wildman–Crippen LogP) is 2.34. The van der Waals surface area contributed by atoms with Gasteiger partial charge in [0.1, 0.15) is 6.04 Å². The Morgan fingerprint density at radius 1 is 1.30 bits per heavy atom. The Balaban J connectivity index is 1.75. The molecule has 0 fully saturated rings. The van der Waals surface area contributed by atoms with Crippen molar-refractivity contribution in [3.8, 4) is 0 Å².